The molecule has 0 spiro atoms. The summed E-state index contributed by atoms with van der Waals surface area (Å²) in [7, 11) is 1.65. The van der Waals surface area contributed by atoms with Crippen LogP contribution in [0.5, 0.6) is 5.75 Å². The lowest BCUT2D eigenvalue weighted by molar-refractivity contribution is 0.0887. The van der Waals surface area contributed by atoms with Gasteiger partial charge in [-0.1, -0.05) is 0 Å². The van der Waals surface area contributed by atoms with Crippen molar-refractivity contribution in [2.24, 2.45) is 5.92 Å². The first kappa shape index (κ1) is 12.0. The standard InChI is InChI=1S/C15H16N2O2/c1-19-13-4-5-14-11(8-13)2-3-12(15(14)18)9-17-7-6-16-10-17/h4-8,10,12H,2-3,9H2,1H3. The van der Waals surface area contributed by atoms with Gasteiger partial charge in [0.15, 0.2) is 5.78 Å². The molecule has 0 bridgehead atoms. The van der Waals surface area contributed by atoms with E-state index < -0.39 is 0 Å². The quantitative estimate of drug-likeness (QED) is 0.846. The van der Waals surface area contributed by atoms with E-state index in [1.807, 2.05) is 29.0 Å². The minimum Gasteiger partial charge on any atom is -0.497 e. The van der Waals surface area contributed by atoms with Crippen molar-refractivity contribution in [1.82, 2.24) is 9.55 Å². The van der Waals surface area contributed by atoms with E-state index in [1.165, 1.54) is 0 Å². The molecule has 0 fully saturated rings. The molecule has 1 heterocycles. The molecule has 1 unspecified atom stereocenters. The molecule has 19 heavy (non-hydrogen) atoms. The second-order valence-corrected chi connectivity index (χ2v) is 4.88. The van der Waals surface area contributed by atoms with Gasteiger partial charge in [-0.25, -0.2) is 4.98 Å². The highest BCUT2D eigenvalue weighted by molar-refractivity contribution is 6.00. The van der Waals surface area contributed by atoms with Crippen molar-refractivity contribution in [2.75, 3.05) is 7.11 Å². The number of rotatable bonds is 3. The Hall–Kier alpha value is -2.10. The molecule has 98 valence electrons. The first-order valence-electron chi connectivity index (χ1n) is 6.45. The summed E-state index contributed by atoms with van der Waals surface area (Å²) in [5.74, 6) is 1.10. The third kappa shape index (κ3) is 2.26. The fourth-order valence-corrected chi connectivity index (χ4v) is 2.65. The van der Waals surface area contributed by atoms with Crippen LogP contribution in [-0.4, -0.2) is 22.4 Å². The molecule has 1 atom stereocenters. The Balaban J connectivity index is 1.83. The summed E-state index contributed by atoms with van der Waals surface area (Å²) in [6.45, 7) is 0.713. The van der Waals surface area contributed by atoms with Gasteiger partial charge in [0.05, 0.1) is 13.4 Å². The molecule has 2 aromatic rings. The number of aromatic nitrogens is 2. The largest absolute Gasteiger partial charge is 0.497 e. The average molecular weight is 256 g/mol. The predicted octanol–water partition coefficient (Wildman–Crippen LogP) is 2.34. The van der Waals surface area contributed by atoms with Crippen LogP contribution in [0.15, 0.2) is 36.9 Å². The molecule has 0 aliphatic heterocycles. The van der Waals surface area contributed by atoms with Gasteiger partial charge in [-0.15, -0.1) is 0 Å². The first-order chi connectivity index (χ1) is 9.28. The maximum Gasteiger partial charge on any atom is 0.168 e. The Morgan fingerprint density at radius 2 is 2.37 bits per heavy atom. The number of carbonyl (C=O) groups excluding carboxylic acids is 1. The molecule has 1 aromatic heterocycles. The maximum atomic E-state index is 12.5. The van der Waals surface area contributed by atoms with Crippen LogP contribution in [0.2, 0.25) is 0 Å². The van der Waals surface area contributed by atoms with Crippen molar-refractivity contribution < 1.29 is 9.53 Å². The number of methoxy groups -OCH3 is 1. The highest BCUT2D eigenvalue weighted by Gasteiger charge is 2.27. The number of aryl methyl sites for hydroxylation is 1. The number of benzene rings is 1. The van der Waals surface area contributed by atoms with Gasteiger partial charge in [0.25, 0.3) is 0 Å². The molecule has 1 aliphatic carbocycles. The summed E-state index contributed by atoms with van der Waals surface area (Å²) in [6.07, 6.45) is 7.22. The Morgan fingerprint density at radius 3 is 3.11 bits per heavy atom. The van der Waals surface area contributed by atoms with Gasteiger partial charge in [0.1, 0.15) is 5.75 Å². The summed E-state index contributed by atoms with van der Waals surface area (Å²) in [6, 6.07) is 5.72. The van der Waals surface area contributed by atoms with Crippen LogP contribution in [0.25, 0.3) is 0 Å². The molecule has 0 amide bonds. The van der Waals surface area contributed by atoms with E-state index >= 15 is 0 Å². The highest BCUT2D eigenvalue weighted by Crippen LogP contribution is 2.29. The Labute approximate surface area is 112 Å². The second kappa shape index (κ2) is 4.88. The molecule has 1 aliphatic rings. The summed E-state index contributed by atoms with van der Waals surface area (Å²) < 4.78 is 7.17. The van der Waals surface area contributed by atoms with Gasteiger partial charge >= 0.3 is 0 Å². The lowest BCUT2D eigenvalue weighted by Crippen LogP contribution is -2.26. The van der Waals surface area contributed by atoms with Gasteiger partial charge in [-0.2, -0.15) is 0 Å². The third-order valence-corrected chi connectivity index (χ3v) is 3.70. The molecular formula is C15H16N2O2. The molecule has 0 saturated heterocycles. The number of ketones is 1. The second-order valence-electron chi connectivity index (χ2n) is 4.88. The smallest absolute Gasteiger partial charge is 0.168 e. The van der Waals surface area contributed by atoms with Crippen molar-refractivity contribution in [3.8, 4) is 5.75 Å². The van der Waals surface area contributed by atoms with Crippen molar-refractivity contribution in [3.05, 3.63) is 48.0 Å². The highest BCUT2D eigenvalue weighted by atomic mass is 16.5. The van der Waals surface area contributed by atoms with E-state index in [-0.39, 0.29) is 11.7 Å². The number of fused-ring (bicyclic) bond motifs is 1. The van der Waals surface area contributed by atoms with Crippen LogP contribution in [-0.2, 0) is 13.0 Å². The van der Waals surface area contributed by atoms with Crippen molar-refractivity contribution >= 4 is 5.78 Å². The van der Waals surface area contributed by atoms with Gasteiger partial charge in [0.2, 0.25) is 0 Å². The van der Waals surface area contributed by atoms with E-state index in [4.69, 9.17) is 4.74 Å². The zero-order valence-corrected chi connectivity index (χ0v) is 10.9. The van der Waals surface area contributed by atoms with Crippen LogP contribution < -0.4 is 4.74 Å². The van der Waals surface area contributed by atoms with Gasteiger partial charge in [-0.05, 0) is 36.6 Å². The van der Waals surface area contributed by atoms with E-state index in [0.29, 0.717) is 6.54 Å². The normalized spacial score (nSPS) is 18.2. The van der Waals surface area contributed by atoms with E-state index in [0.717, 1.165) is 29.7 Å². The summed E-state index contributed by atoms with van der Waals surface area (Å²) >= 11 is 0. The van der Waals surface area contributed by atoms with Crippen molar-refractivity contribution in [1.29, 1.82) is 0 Å². The van der Waals surface area contributed by atoms with Crippen LogP contribution in [0.4, 0.5) is 0 Å². The molecule has 4 heteroatoms. The van der Waals surface area contributed by atoms with Gasteiger partial charge in [-0.3, -0.25) is 4.79 Å². The van der Waals surface area contributed by atoms with Crippen molar-refractivity contribution in [2.45, 2.75) is 19.4 Å². The molecule has 0 N–H and O–H groups in total. The van der Waals surface area contributed by atoms with Crippen LogP contribution in [0.3, 0.4) is 0 Å². The zero-order valence-electron chi connectivity index (χ0n) is 10.9. The maximum absolute atomic E-state index is 12.5. The number of Topliss-reactive ketones (excluding diaryl/α,β-unsaturated/α-hetero) is 1. The SMILES string of the molecule is COc1ccc2c(c1)CCC(Cn1ccnc1)C2=O. The number of nitrogens with zero attached hydrogens (tertiary/aromatic N) is 2. The summed E-state index contributed by atoms with van der Waals surface area (Å²) in [5, 5.41) is 0. The van der Waals surface area contributed by atoms with E-state index in [9.17, 15) is 4.79 Å². The minimum atomic E-state index is 0.0510. The number of hydrogen-bond acceptors (Lipinski definition) is 3. The van der Waals surface area contributed by atoms with Crippen LogP contribution in [0, 0.1) is 5.92 Å². The lowest BCUT2D eigenvalue weighted by Gasteiger charge is -2.23. The number of ether oxygens (including phenoxy) is 1. The predicted molar refractivity (Wildman–Crippen MR) is 71.4 cm³/mol. The fraction of sp³-hybridized carbons (Fsp3) is 0.333. The Bertz CT molecular complexity index is 590. The van der Waals surface area contributed by atoms with E-state index in [1.54, 1.807) is 19.6 Å². The number of carbonyl (C=O) groups is 1. The minimum absolute atomic E-state index is 0.0510. The Kier molecular flexibility index (Phi) is 3.07. The third-order valence-electron chi connectivity index (χ3n) is 3.70. The molecular weight excluding hydrogens is 240 g/mol. The molecule has 4 nitrogen and oxygen atoms in total. The summed E-state index contributed by atoms with van der Waals surface area (Å²) in [5.41, 5.74) is 1.95. The first-order valence-corrected chi connectivity index (χ1v) is 6.45. The van der Waals surface area contributed by atoms with Gasteiger partial charge in [0, 0.05) is 30.4 Å². The molecule has 1 aromatic carbocycles. The van der Waals surface area contributed by atoms with Gasteiger partial charge < -0.3 is 9.30 Å². The molecule has 3 rings (SSSR count). The Morgan fingerprint density at radius 1 is 1.47 bits per heavy atom. The van der Waals surface area contributed by atoms with E-state index in [2.05, 4.69) is 4.98 Å². The fourth-order valence-electron chi connectivity index (χ4n) is 2.65. The lowest BCUT2D eigenvalue weighted by atomic mass is 9.82. The molecule has 0 radical (unpaired) electrons. The average Bonchev–Trinajstić information content (AvgIpc) is 2.94. The monoisotopic (exact) mass is 256 g/mol. The number of imidazole rings is 1. The van der Waals surface area contributed by atoms with Crippen LogP contribution in [0.1, 0.15) is 22.3 Å². The van der Waals surface area contributed by atoms with Crippen molar-refractivity contribution in [3.63, 3.8) is 0 Å². The molecule has 0 saturated carbocycles. The van der Waals surface area contributed by atoms with Crippen LogP contribution >= 0.6 is 0 Å². The zero-order chi connectivity index (χ0) is 13.2. The summed E-state index contributed by atoms with van der Waals surface area (Å²) in [4.78, 5) is 16.5. The topological polar surface area (TPSA) is 44.1 Å². The number of hydrogen-bond donors (Lipinski definition) is 0.